The molecule has 8 heteroatoms. The second-order valence-electron chi connectivity index (χ2n) is 7.58. The van der Waals surface area contributed by atoms with Crippen molar-refractivity contribution in [1.82, 2.24) is 5.32 Å². The third kappa shape index (κ3) is 5.84. The summed E-state index contributed by atoms with van der Waals surface area (Å²) in [5, 5.41) is 3.01. The van der Waals surface area contributed by atoms with Crippen LogP contribution in [0.5, 0.6) is 11.5 Å². The summed E-state index contributed by atoms with van der Waals surface area (Å²) in [4.78, 5) is 13.2. The van der Waals surface area contributed by atoms with Crippen LogP contribution in [0.1, 0.15) is 22.7 Å². The number of ether oxygens (including phenoxy) is 2. The fourth-order valence-corrected chi connectivity index (χ4v) is 4.46. The number of methoxy groups -OCH3 is 2. The zero-order valence-electron chi connectivity index (χ0n) is 19.1. The molecule has 0 unspecified atom stereocenters. The van der Waals surface area contributed by atoms with Gasteiger partial charge >= 0.3 is 0 Å². The Bertz CT molecular complexity index is 1210. The molecule has 0 radical (unpaired) electrons. The summed E-state index contributed by atoms with van der Waals surface area (Å²) < 4.78 is 36.9. The van der Waals surface area contributed by atoms with Gasteiger partial charge in [0, 0.05) is 6.07 Å². The topological polar surface area (TPSA) is 84.9 Å². The number of aryl methyl sites for hydroxylation is 1. The summed E-state index contributed by atoms with van der Waals surface area (Å²) in [5.74, 6) is 0.303. The molecule has 1 amide bonds. The lowest BCUT2D eigenvalue weighted by Crippen LogP contribution is -2.42. The first-order chi connectivity index (χ1) is 15.7. The van der Waals surface area contributed by atoms with Crippen molar-refractivity contribution in [2.75, 3.05) is 31.3 Å². The zero-order valence-corrected chi connectivity index (χ0v) is 19.9. The number of carbonyl (C=O) groups is 1. The molecule has 0 saturated carbocycles. The van der Waals surface area contributed by atoms with E-state index in [1.54, 1.807) is 12.1 Å². The Kier molecular flexibility index (Phi) is 7.60. The molecule has 0 bridgehead atoms. The minimum absolute atomic E-state index is 0.224. The molecule has 0 aliphatic carbocycles. The van der Waals surface area contributed by atoms with Gasteiger partial charge in [0.1, 0.15) is 18.0 Å². The van der Waals surface area contributed by atoms with E-state index in [4.69, 9.17) is 9.47 Å². The maximum atomic E-state index is 13.2. The maximum Gasteiger partial charge on any atom is 0.241 e. The van der Waals surface area contributed by atoms with Crippen molar-refractivity contribution in [1.29, 1.82) is 0 Å². The molecule has 0 saturated heterocycles. The lowest BCUT2D eigenvalue weighted by atomic mass is 9.95. The number of nitrogens with one attached hydrogen (secondary N) is 1. The van der Waals surface area contributed by atoms with E-state index in [0.29, 0.717) is 11.5 Å². The minimum atomic E-state index is -3.81. The van der Waals surface area contributed by atoms with Crippen LogP contribution in [0.25, 0.3) is 0 Å². The Morgan fingerprint density at radius 2 is 1.64 bits per heavy atom. The van der Waals surface area contributed by atoms with Crippen molar-refractivity contribution in [3.8, 4) is 11.5 Å². The van der Waals surface area contributed by atoms with Crippen molar-refractivity contribution < 1.29 is 22.7 Å². The van der Waals surface area contributed by atoms with Crippen LogP contribution < -0.4 is 19.1 Å². The van der Waals surface area contributed by atoms with Crippen LogP contribution in [-0.4, -0.2) is 41.3 Å². The molecule has 7 nitrogen and oxygen atoms in total. The fraction of sp³-hybridized carbons (Fsp3) is 0.240. The molecule has 1 N–H and O–H groups in total. The number of rotatable bonds is 9. The van der Waals surface area contributed by atoms with E-state index in [2.05, 4.69) is 5.32 Å². The fourth-order valence-electron chi connectivity index (χ4n) is 3.61. The molecule has 1 atom stereocenters. The Balaban J connectivity index is 1.96. The van der Waals surface area contributed by atoms with Crippen LogP contribution in [0.15, 0.2) is 72.8 Å². The van der Waals surface area contributed by atoms with Gasteiger partial charge in [-0.1, -0.05) is 54.6 Å². The first kappa shape index (κ1) is 24.1. The van der Waals surface area contributed by atoms with Crippen LogP contribution in [-0.2, 0) is 14.8 Å². The van der Waals surface area contributed by atoms with Gasteiger partial charge in [0.2, 0.25) is 15.9 Å². The molecule has 0 spiro atoms. The molecular weight excluding hydrogens is 440 g/mol. The van der Waals surface area contributed by atoms with Gasteiger partial charge in [0.05, 0.1) is 32.2 Å². The number of nitrogens with zero attached hydrogens (tertiary/aromatic N) is 1. The van der Waals surface area contributed by atoms with Crippen molar-refractivity contribution >= 4 is 21.6 Å². The van der Waals surface area contributed by atoms with Gasteiger partial charge in [-0.05, 0) is 35.7 Å². The van der Waals surface area contributed by atoms with E-state index in [-0.39, 0.29) is 5.69 Å². The summed E-state index contributed by atoms with van der Waals surface area (Å²) in [5.41, 5.74) is 3.06. The van der Waals surface area contributed by atoms with Gasteiger partial charge in [-0.3, -0.25) is 9.10 Å². The quantitative estimate of drug-likeness (QED) is 0.518. The van der Waals surface area contributed by atoms with Gasteiger partial charge in [0.15, 0.2) is 0 Å². The summed E-state index contributed by atoms with van der Waals surface area (Å²) in [6, 6.07) is 21.7. The lowest BCUT2D eigenvalue weighted by Gasteiger charge is -2.26. The molecule has 33 heavy (non-hydrogen) atoms. The van der Waals surface area contributed by atoms with Gasteiger partial charge in [-0.2, -0.15) is 0 Å². The Morgan fingerprint density at radius 1 is 0.970 bits per heavy atom. The van der Waals surface area contributed by atoms with Crippen molar-refractivity contribution in [3.05, 3.63) is 89.5 Å². The van der Waals surface area contributed by atoms with Crippen molar-refractivity contribution in [3.63, 3.8) is 0 Å². The standard InChI is InChI=1S/C25H28N2O5S/c1-18-10-8-9-13-21(18)25(19-11-6-5-7-12-19)26-24(28)17-27(33(4,29)30)22-16-20(31-2)14-15-23(22)32-3/h5-16,25H,17H2,1-4H3,(H,26,28)/t25-/m0/s1. The van der Waals surface area contributed by atoms with E-state index in [1.807, 2.05) is 61.5 Å². The molecule has 3 aromatic carbocycles. The first-order valence-electron chi connectivity index (χ1n) is 10.3. The third-order valence-electron chi connectivity index (χ3n) is 5.28. The Labute approximate surface area is 195 Å². The molecule has 3 aromatic rings. The smallest absolute Gasteiger partial charge is 0.241 e. The number of hydrogen-bond acceptors (Lipinski definition) is 5. The number of sulfonamides is 1. The SMILES string of the molecule is COc1ccc(OC)c(N(CC(=O)N[C@@H](c2ccccc2)c2ccccc2C)S(C)(=O)=O)c1. The van der Waals surface area contributed by atoms with Gasteiger partial charge in [-0.25, -0.2) is 8.42 Å². The third-order valence-corrected chi connectivity index (χ3v) is 6.41. The van der Waals surface area contributed by atoms with E-state index in [0.717, 1.165) is 27.3 Å². The molecule has 174 valence electrons. The largest absolute Gasteiger partial charge is 0.497 e. The van der Waals surface area contributed by atoms with E-state index in [9.17, 15) is 13.2 Å². The van der Waals surface area contributed by atoms with Crippen molar-refractivity contribution in [2.24, 2.45) is 0 Å². The zero-order chi connectivity index (χ0) is 24.0. The van der Waals surface area contributed by atoms with E-state index < -0.39 is 28.5 Å². The second-order valence-corrected chi connectivity index (χ2v) is 9.48. The van der Waals surface area contributed by atoms with Crippen LogP contribution >= 0.6 is 0 Å². The lowest BCUT2D eigenvalue weighted by molar-refractivity contribution is -0.120. The summed E-state index contributed by atoms with van der Waals surface area (Å²) in [6.45, 7) is 1.55. The van der Waals surface area contributed by atoms with E-state index >= 15 is 0 Å². The highest BCUT2D eigenvalue weighted by molar-refractivity contribution is 7.92. The minimum Gasteiger partial charge on any atom is -0.497 e. The average molecular weight is 469 g/mol. The molecule has 0 heterocycles. The van der Waals surface area contributed by atoms with Crippen LogP contribution in [0.2, 0.25) is 0 Å². The highest BCUT2D eigenvalue weighted by atomic mass is 32.2. The second kappa shape index (κ2) is 10.4. The normalized spacial score (nSPS) is 12.0. The van der Waals surface area contributed by atoms with Gasteiger partial charge in [-0.15, -0.1) is 0 Å². The highest BCUT2D eigenvalue weighted by Gasteiger charge is 2.26. The van der Waals surface area contributed by atoms with Crippen LogP contribution in [0, 0.1) is 6.92 Å². The molecule has 0 fully saturated rings. The summed E-state index contributed by atoms with van der Waals surface area (Å²) in [7, 11) is -0.885. The van der Waals surface area contributed by atoms with Crippen LogP contribution in [0.3, 0.4) is 0 Å². The van der Waals surface area contributed by atoms with Crippen molar-refractivity contribution in [2.45, 2.75) is 13.0 Å². The number of anilines is 1. The maximum absolute atomic E-state index is 13.2. The number of carbonyl (C=O) groups excluding carboxylic acids is 1. The van der Waals surface area contributed by atoms with E-state index in [1.165, 1.54) is 20.3 Å². The Hall–Kier alpha value is -3.52. The highest BCUT2D eigenvalue weighted by Crippen LogP contribution is 2.34. The monoisotopic (exact) mass is 468 g/mol. The molecule has 0 aromatic heterocycles. The first-order valence-corrected chi connectivity index (χ1v) is 12.2. The predicted molar refractivity (Wildman–Crippen MR) is 129 cm³/mol. The Morgan fingerprint density at radius 3 is 2.24 bits per heavy atom. The predicted octanol–water partition coefficient (Wildman–Crippen LogP) is 3.68. The number of benzene rings is 3. The van der Waals surface area contributed by atoms with Gasteiger partial charge < -0.3 is 14.8 Å². The molecule has 0 aliphatic rings. The summed E-state index contributed by atoms with van der Waals surface area (Å²) in [6.07, 6.45) is 1.05. The van der Waals surface area contributed by atoms with Gasteiger partial charge in [0.25, 0.3) is 0 Å². The van der Waals surface area contributed by atoms with Crippen LogP contribution in [0.4, 0.5) is 5.69 Å². The average Bonchev–Trinajstić information content (AvgIpc) is 2.81. The summed E-state index contributed by atoms with van der Waals surface area (Å²) >= 11 is 0. The number of amides is 1. The molecular formula is C25H28N2O5S. The molecule has 0 aliphatic heterocycles. The molecule has 3 rings (SSSR count). The number of hydrogen-bond donors (Lipinski definition) is 1.